The second kappa shape index (κ2) is 6.20. The lowest BCUT2D eigenvalue weighted by Crippen LogP contribution is -2.11. The van der Waals surface area contributed by atoms with Crippen LogP contribution in [0.5, 0.6) is 0 Å². The normalized spacial score (nSPS) is 11.6. The number of nitrogens with two attached hydrogens (primary N) is 1. The van der Waals surface area contributed by atoms with Crippen molar-refractivity contribution in [3.05, 3.63) is 18.6 Å². The minimum absolute atomic E-state index is 0.268. The second-order valence-electron chi connectivity index (χ2n) is 2.59. The topological polar surface area (TPSA) is 84.4 Å². The highest BCUT2D eigenvalue weighted by Crippen LogP contribution is 2.14. The van der Waals surface area contributed by atoms with Crippen LogP contribution in [0.15, 0.2) is 28.8 Å². The fourth-order valence-corrected chi connectivity index (χ4v) is 1.61. The van der Waals surface area contributed by atoms with Crippen LogP contribution < -0.4 is 5.73 Å². The summed E-state index contributed by atoms with van der Waals surface area (Å²) in [6, 6.07) is 0. The lowest BCUT2D eigenvalue weighted by atomic mass is 10.3. The van der Waals surface area contributed by atoms with E-state index in [0.29, 0.717) is 6.42 Å². The van der Waals surface area contributed by atoms with Crippen molar-refractivity contribution in [1.29, 1.82) is 0 Å². The van der Waals surface area contributed by atoms with Crippen LogP contribution >= 0.6 is 11.8 Å². The molecule has 0 spiro atoms. The van der Waals surface area contributed by atoms with Gasteiger partial charge in [0.05, 0.1) is 6.20 Å². The lowest BCUT2D eigenvalue weighted by Gasteiger charge is -1.99. The Morgan fingerprint density at radius 2 is 2.43 bits per heavy atom. The van der Waals surface area contributed by atoms with Gasteiger partial charge in [0.1, 0.15) is 10.9 Å². The monoisotopic (exact) mass is 212 g/mol. The highest BCUT2D eigenvalue weighted by atomic mass is 32.2. The summed E-state index contributed by atoms with van der Waals surface area (Å²) in [4.78, 5) is 8.05. The Kier molecular flexibility index (Phi) is 4.77. The largest absolute Gasteiger partial charge is 0.409 e. The summed E-state index contributed by atoms with van der Waals surface area (Å²) < 4.78 is 0. The molecule has 0 aliphatic carbocycles. The molecule has 1 aromatic rings. The van der Waals surface area contributed by atoms with Gasteiger partial charge in [-0.1, -0.05) is 5.16 Å². The molecule has 0 aromatic carbocycles. The van der Waals surface area contributed by atoms with E-state index in [9.17, 15) is 0 Å². The number of aromatic nitrogens is 2. The number of hydrogen-bond acceptors (Lipinski definition) is 5. The highest BCUT2D eigenvalue weighted by molar-refractivity contribution is 7.99. The number of nitrogens with zero attached hydrogens (tertiary/aromatic N) is 3. The van der Waals surface area contributed by atoms with E-state index >= 15 is 0 Å². The Hall–Kier alpha value is -1.30. The smallest absolute Gasteiger partial charge is 0.139 e. The first-order chi connectivity index (χ1) is 6.83. The van der Waals surface area contributed by atoms with Crippen molar-refractivity contribution in [3.63, 3.8) is 0 Å². The molecule has 0 unspecified atom stereocenters. The molecule has 0 aliphatic heterocycles. The number of oxime groups is 1. The van der Waals surface area contributed by atoms with E-state index in [1.165, 1.54) is 0 Å². The Balaban J connectivity index is 2.17. The van der Waals surface area contributed by atoms with Gasteiger partial charge in [0.2, 0.25) is 0 Å². The van der Waals surface area contributed by atoms with Gasteiger partial charge in [0.15, 0.2) is 0 Å². The predicted molar refractivity (Wildman–Crippen MR) is 55.4 cm³/mol. The van der Waals surface area contributed by atoms with E-state index in [1.54, 1.807) is 30.4 Å². The van der Waals surface area contributed by atoms with Crippen LogP contribution in [0.25, 0.3) is 0 Å². The van der Waals surface area contributed by atoms with Gasteiger partial charge < -0.3 is 10.9 Å². The molecule has 0 aliphatic rings. The standard InChI is InChI=1S/C8H12N4OS/c9-7(12-13)2-1-5-14-8-6-10-3-4-11-8/h3-4,6,13H,1-2,5H2,(H2,9,12). The van der Waals surface area contributed by atoms with E-state index in [-0.39, 0.29) is 5.84 Å². The van der Waals surface area contributed by atoms with Gasteiger partial charge >= 0.3 is 0 Å². The minimum Gasteiger partial charge on any atom is -0.409 e. The Morgan fingerprint density at radius 1 is 1.57 bits per heavy atom. The molecule has 0 radical (unpaired) electrons. The molecule has 0 amide bonds. The molecular weight excluding hydrogens is 200 g/mol. The van der Waals surface area contributed by atoms with Crippen molar-refractivity contribution >= 4 is 17.6 Å². The van der Waals surface area contributed by atoms with Gasteiger partial charge in [-0.25, -0.2) is 4.98 Å². The van der Waals surface area contributed by atoms with Crippen LogP contribution in [0.4, 0.5) is 0 Å². The predicted octanol–water partition coefficient (Wildman–Crippen LogP) is 1.10. The summed E-state index contributed by atoms with van der Waals surface area (Å²) in [6.07, 6.45) is 6.47. The van der Waals surface area contributed by atoms with E-state index in [0.717, 1.165) is 17.2 Å². The molecule has 3 N–H and O–H groups in total. The molecule has 0 bridgehead atoms. The third-order valence-corrected chi connectivity index (χ3v) is 2.49. The summed E-state index contributed by atoms with van der Waals surface area (Å²) in [5.74, 6) is 1.15. The van der Waals surface area contributed by atoms with Crippen LogP contribution in [-0.2, 0) is 0 Å². The maximum Gasteiger partial charge on any atom is 0.139 e. The fraction of sp³-hybridized carbons (Fsp3) is 0.375. The third-order valence-electron chi connectivity index (χ3n) is 1.50. The van der Waals surface area contributed by atoms with Gasteiger partial charge in [-0.2, -0.15) is 0 Å². The number of amidine groups is 1. The molecule has 5 nitrogen and oxygen atoms in total. The van der Waals surface area contributed by atoms with E-state index in [1.807, 2.05) is 0 Å². The second-order valence-corrected chi connectivity index (χ2v) is 3.70. The Labute approximate surface area is 86.4 Å². The molecule has 14 heavy (non-hydrogen) atoms. The molecule has 0 atom stereocenters. The van der Waals surface area contributed by atoms with Crippen LogP contribution in [0, 0.1) is 0 Å². The van der Waals surface area contributed by atoms with Crippen LogP contribution in [0.3, 0.4) is 0 Å². The average Bonchev–Trinajstić information content (AvgIpc) is 2.25. The van der Waals surface area contributed by atoms with E-state index in [2.05, 4.69) is 15.1 Å². The zero-order valence-corrected chi connectivity index (χ0v) is 8.44. The summed E-state index contributed by atoms with van der Waals surface area (Å²) in [7, 11) is 0. The van der Waals surface area contributed by atoms with Crippen molar-refractivity contribution < 1.29 is 5.21 Å². The van der Waals surface area contributed by atoms with E-state index < -0.39 is 0 Å². The zero-order chi connectivity index (χ0) is 10.2. The molecule has 1 rings (SSSR count). The lowest BCUT2D eigenvalue weighted by molar-refractivity contribution is 0.317. The zero-order valence-electron chi connectivity index (χ0n) is 7.63. The van der Waals surface area contributed by atoms with Crippen LogP contribution in [-0.4, -0.2) is 26.8 Å². The molecule has 0 saturated carbocycles. The van der Waals surface area contributed by atoms with Crippen molar-refractivity contribution in [3.8, 4) is 0 Å². The molecular formula is C8H12N4OS. The van der Waals surface area contributed by atoms with E-state index in [4.69, 9.17) is 10.9 Å². The van der Waals surface area contributed by atoms with Crippen molar-refractivity contribution in [2.75, 3.05) is 5.75 Å². The summed E-state index contributed by atoms with van der Waals surface area (Å²) in [6.45, 7) is 0. The van der Waals surface area contributed by atoms with Gasteiger partial charge in [-0.3, -0.25) is 4.98 Å². The molecule has 1 aromatic heterocycles. The highest BCUT2D eigenvalue weighted by Gasteiger charge is 1.96. The van der Waals surface area contributed by atoms with Gasteiger partial charge in [0, 0.05) is 18.8 Å². The first-order valence-corrected chi connectivity index (χ1v) is 5.16. The first-order valence-electron chi connectivity index (χ1n) is 4.18. The first kappa shape index (κ1) is 10.8. The van der Waals surface area contributed by atoms with Crippen LogP contribution in [0.1, 0.15) is 12.8 Å². The molecule has 6 heteroatoms. The summed E-state index contributed by atoms with van der Waals surface area (Å²) in [5.41, 5.74) is 5.32. The Bertz CT molecular complexity index is 291. The Morgan fingerprint density at radius 3 is 3.07 bits per heavy atom. The van der Waals surface area contributed by atoms with Crippen molar-refractivity contribution in [2.24, 2.45) is 10.9 Å². The molecule has 0 fully saturated rings. The number of hydrogen-bond donors (Lipinski definition) is 2. The number of thioether (sulfide) groups is 1. The molecule has 0 saturated heterocycles. The average molecular weight is 212 g/mol. The van der Waals surface area contributed by atoms with Crippen molar-refractivity contribution in [1.82, 2.24) is 9.97 Å². The van der Waals surface area contributed by atoms with Gasteiger partial charge in [-0.05, 0) is 12.2 Å². The maximum absolute atomic E-state index is 8.28. The third kappa shape index (κ3) is 4.08. The molecule has 76 valence electrons. The SMILES string of the molecule is NC(CCCSc1cnccn1)=NO. The van der Waals surface area contributed by atoms with Crippen molar-refractivity contribution in [2.45, 2.75) is 17.9 Å². The fourth-order valence-electron chi connectivity index (χ4n) is 0.840. The minimum atomic E-state index is 0.268. The number of rotatable bonds is 5. The van der Waals surface area contributed by atoms with Gasteiger partial charge in [0.25, 0.3) is 0 Å². The van der Waals surface area contributed by atoms with Crippen LogP contribution in [0.2, 0.25) is 0 Å². The van der Waals surface area contributed by atoms with Gasteiger partial charge in [-0.15, -0.1) is 11.8 Å². The summed E-state index contributed by atoms with van der Waals surface area (Å²) in [5, 5.41) is 12.1. The maximum atomic E-state index is 8.28. The molecule has 1 heterocycles. The quantitative estimate of drug-likeness (QED) is 0.191. The summed E-state index contributed by atoms with van der Waals surface area (Å²) >= 11 is 1.61.